The molecule has 1 heterocycles. The van der Waals surface area contributed by atoms with Crippen LogP contribution in [0.25, 0.3) is 0 Å². The third kappa shape index (κ3) is 5.75. The van der Waals surface area contributed by atoms with Gasteiger partial charge < -0.3 is 10.2 Å². The summed E-state index contributed by atoms with van der Waals surface area (Å²) in [7, 11) is 0. The molecule has 29 heavy (non-hydrogen) atoms. The van der Waals surface area contributed by atoms with E-state index in [2.05, 4.69) is 67.1 Å². The minimum atomic E-state index is 0.0607. The van der Waals surface area contributed by atoms with E-state index in [0.29, 0.717) is 17.4 Å². The molecule has 1 saturated carbocycles. The highest BCUT2D eigenvalue weighted by molar-refractivity contribution is 5.72. The quantitative estimate of drug-likeness (QED) is 0.783. The maximum Gasteiger partial charge on any atom is 0.216 e. The molecule has 2 aliphatic rings. The van der Waals surface area contributed by atoms with E-state index in [0.717, 1.165) is 38.6 Å². The van der Waals surface area contributed by atoms with Crippen LogP contribution in [0.5, 0.6) is 0 Å². The molecule has 2 fully saturated rings. The Bertz CT molecular complexity index is 665. The van der Waals surface area contributed by atoms with Gasteiger partial charge in [-0.15, -0.1) is 0 Å². The van der Waals surface area contributed by atoms with Crippen molar-refractivity contribution in [1.29, 1.82) is 0 Å². The summed E-state index contributed by atoms with van der Waals surface area (Å²) in [6, 6.07) is 9.53. The lowest BCUT2D eigenvalue weighted by Crippen LogP contribution is -2.52. The third-order valence-corrected chi connectivity index (χ3v) is 7.25. The minimum absolute atomic E-state index is 0.0607. The molecule has 3 rings (SSSR count). The summed E-state index contributed by atoms with van der Waals surface area (Å²) >= 11 is 0. The van der Waals surface area contributed by atoms with Crippen molar-refractivity contribution >= 4 is 11.6 Å². The topological polar surface area (TPSA) is 35.6 Å². The van der Waals surface area contributed by atoms with E-state index in [1.165, 1.54) is 31.4 Å². The van der Waals surface area contributed by atoms with Crippen LogP contribution in [0.2, 0.25) is 0 Å². The highest BCUT2D eigenvalue weighted by atomic mass is 16.1. The van der Waals surface area contributed by atoms with Gasteiger partial charge in [0.25, 0.3) is 0 Å². The van der Waals surface area contributed by atoms with Crippen LogP contribution < -0.4 is 10.2 Å². The predicted octanol–water partition coefficient (Wildman–Crippen LogP) is 4.65. The Labute approximate surface area is 178 Å². The van der Waals surface area contributed by atoms with E-state index in [4.69, 9.17) is 0 Å². The number of anilines is 1. The summed E-state index contributed by atoms with van der Waals surface area (Å²) in [5.74, 6) is 1.63. The Balaban J connectivity index is 1.60. The normalized spacial score (nSPS) is 24.9. The second-order valence-corrected chi connectivity index (χ2v) is 10.3. The van der Waals surface area contributed by atoms with Crippen molar-refractivity contribution < 1.29 is 4.79 Å². The van der Waals surface area contributed by atoms with E-state index < -0.39 is 0 Å². The van der Waals surface area contributed by atoms with Crippen molar-refractivity contribution in [1.82, 2.24) is 10.2 Å². The van der Waals surface area contributed by atoms with Gasteiger partial charge in [-0.25, -0.2) is 0 Å². The Hall–Kier alpha value is -1.55. The average molecular weight is 400 g/mol. The van der Waals surface area contributed by atoms with Crippen LogP contribution in [-0.2, 0) is 4.79 Å². The van der Waals surface area contributed by atoms with Crippen molar-refractivity contribution in [2.45, 2.75) is 72.3 Å². The van der Waals surface area contributed by atoms with Gasteiger partial charge in [0, 0.05) is 51.4 Å². The average Bonchev–Trinajstić information content (AvgIpc) is 2.71. The molecule has 1 aliphatic carbocycles. The Kier molecular flexibility index (Phi) is 7.26. The Morgan fingerprint density at radius 1 is 1.07 bits per heavy atom. The number of carbonyl (C=O) groups excluding carboxylic acids is 1. The smallest absolute Gasteiger partial charge is 0.216 e. The molecule has 0 spiro atoms. The first-order valence-electron chi connectivity index (χ1n) is 11.6. The number of amides is 1. The zero-order valence-corrected chi connectivity index (χ0v) is 19.2. The molecular formula is C25H41N3O. The van der Waals surface area contributed by atoms with Gasteiger partial charge in [0.15, 0.2) is 0 Å². The lowest BCUT2D eigenvalue weighted by molar-refractivity contribution is -0.119. The summed E-state index contributed by atoms with van der Waals surface area (Å²) in [6.07, 6.45) is 5.37. The standard InChI is InChI=1S/C25H41N3O/c1-19(18-26-20(2)29)27-14-16-28(17-15-27)24-9-7-6-8-23(24)21-10-12-22(13-11-21)25(3,4)5/h6-9,19,21-22H,10-18H2,1-5H3,(H,26,29). The molecule has 0 radical (unpaired) electrons. The monoisotopic (exact) mass is 399 g/mol. The molecule has 4 heteroatoms. The Morgan fingerprint density at radius 3 is 2.28 bits per heavy atom. The molecule has 1 N–H and O–H groups in total. The molecule has 0 aromatic heterocycles. The van der Waals surface area contributed by atoms with Gasteiger partial charge in [0.1, 0.15) is 0 Å². The second kappa shape index (κ2) is 9.51. The number of nitrogens with zero attached hydrogens (tertiary/aromatic N) is 2. The maximum atomic E-state index is 11.2. The molecule has 4 nitrogen and oxygen atoms in total. The zero-order chi connectivity index (χ0) is 21.0. The van der Waals surface area contributed by atoms with Gasteiger partial charge in [-0.05, 0) is 61.5 Å². The molecule has 0 bridgehead atoms. The zero-order valence-electron chi connectivity index (χ0n) is 19.2. The van der Waals surface area contributed by atoms with Crippen LogP contribution in [0, 0.1) is 11.3 Å². The highest BCUT2D eigenvalue weighted by Crippen LogP contribution is 2.45. The number of nitrogens with one attached hydrogen (secondary N) is 1. The number of piperazine rings is 1. The summed E-state index contributed by atoms with van der Waals surface area (Å²) in [5, 5.41) is 2.96. The largest absolute Gasteiger partial charge is 0.369 e. The van der Waals surface area contributed by atoms with Gasteiger partial charge in [-0.3, -0.25) is 9.69 Å². The van der Waals surface area contributed by atoms with Crippen LogP contribution in [0.4, 0.5) is 5.69 Å². The van der Waals surface area contributed by atoms with E-state index in [1.54, 1.807) is 12.5 Å². The Morgan fingerprint density at radius 2 is 1.69 bits per heavy atom. The lowest BCUT2D eigenvalue weighted by Gasteiger charge is -2.41. The SMILES string of the molecule is CC(=O)NCC(C)N1CCN(c2ccccc2C2CCC(C(C)(C)C)CC2)CC1. The van der Waals surface area contributed by atoms with Gasteiger partial charge >= 0.3 is 0 Å². The fraction of sp³-hybridized carbons (Fsp3) is 0.720. The lowest BCUT2D eigenvalue weighted by atomic mass is 9.68. The minimum Gasteiger partial charge on any atom is -0.369 e. The van der Waals surface area contributed by atoms with E-state index in [1.807, 2.05) is 0 Å². The van der Waals surface area contributed by atoms with Gasteiger partial charge in [0.2, 0.25) is 5.91 Å². The number of para-hydroxylation sites is 1. The first kappa shape index (κ1) is 22.1. The second-order valence-electron chi connectivity index (χ2n) is 10.3. The maximum absolute atomic E-state index is 11.2. The van der Waals surface area contributed by atoms with Crippen LogP contribution in [0.3, 0.4) is 0 Å². The van der Waals surface area contributed by atoms with E-state index >= 15 is 0 Å². The molecule has 1 unspecified atom stereocenters. The summed E-state index contributed by atoms with van der Waals surface area (Å²) in [6.45, 7) is 16.0. The number of rotatable bonds is 5. The molecule has 1 aromatic rings. The first-order chi connectivity index (χ1) is 13.8. The van der Waals surface area contributed by atoms with Crippen molar-refractivity contribution in [2.75, 3.05) is 37.6 Å². The molecule has 1 aliphatic heterocycles. The number of benzene rings is 1. The van der Waals surface area contributed by atoms with Crippen molar-refractivity contribution in [3.63, 3.8) is 0 Å². The number of hydrogen-bond donors (Lipinski definition) is 1. The van der Waals surface area contributed by atoms with Crippen molar-refractivity contribution in [3.8, 4) is 0 Å². The molecular weight excluding hydrogens is 358 g/mol. The molecule has 162 valence electrons. The fourth-order valence-corrected chi connectivity index (χ4v) is 5.22. The molecule has 1 saturated heterocycles. The van der Waals surface area contributed by atoms with Crippen LogP contribution in [0.15, 0.2) is 24.3 Å². The van der Waals surface area contributed by atoms with Gasteiger partial charge in [-0.1, -0.05) is 39.0 Å². The van der Waals surface area contributed by atoms with Crippen LogP contribution in [0.1, 0.15) is 71.8 Å². The first-order valence-corrected chi connectivity index (χ1v) is 11.6. The van der Waals surface area contributed by atoms with Crippen LogP contribution in [-0.4, -0.2) is 49.6 Å². The summed E-state index contributed by atoms with van der Waals surface area (Å²) < 4.78 is 0. The number of hydrogen-bond acceptors (Lipinski definition) is 3. The third-order valence-electron chi connectivity index (χ3n) is 7.25. The van der Waals surface area contributed by atoms with Crippen molar-refractivity contribution in [3.05, 3.63) is 29.8 Å². The fourth-order valence-electron chi connectivity index (χ4n) is 5.22. The molecule has 1 atom stereocenters. The molecule has 1 amide bonds. The van der Waals surface area contributed by atoms with E-state index in [9.17, 15) is 4.79 Å². The van der Waals surface area contributed by atoms with Gasteiger partial charge in [0.05, 0.1) is 0 Å². The van der Waals surface area contributed by atoms with E-state index in [-0.39, 0.29) is 5.91 Å². The molecule has 1 aromatic carbocycles. The van der Waals surface area contributed by atoms with Crippen molar-refractivity contribution in [2.24, 2.45) is 11.3 Å². The number of carbonyl (C=O) groups is 1. The summed E-state index contributed by atoms with van der Waals surface area (Å²) in [5.41, 5.74) is 3.47. The van der Waals surface area contributed by atoms with Gasteiger partial charge in [-0.2, -0.15) is 0 Å². The predicted molar refractivity (Wildman–Crippen MR) is 123 cm³/mol. The highest BCUT2D eigenvalue weighted by Gasteiger charge is 2.32. The van der Waals surface area contributed by atoms with Crippen LogP contribution >= 0.6 is 0 Å². The summed E-state index contributed by atoms with van der Waals surface area (Å²) in [4.78, 5) is 16.3.